The van der Waals surface area contributed by atoms with Crippen molar-refractivity contribution in [1.82, 2.24) is 31.1 Å². The van der Waals surface area contributed by atoms with Gasteiger partial charge in [0.15, 0.2) is 0 Å². The molecule has 3 aromatic carbocycles. The number of aromatic nitrogens is 4. The summed E-state index contributed by atoms with van der Waals surface area (Å²) in [4.78, 5) is 25.9. The quantitative estimate of drug-likeness (QED) is 0.430. The first-order valence-corrected chi connectivity index (χ1v) is 10.2. The second kappa shape index (κ2) is 9.31. The van der Waals surface area contributed by atoms with Gasteiger partial charge in [-0.3, -0.25) is 20.4 Å². The molecule has 0 saturated carbocycles. The maximum atomic E-state index is 12.3. The fourth-order valence-electron chi connectivity index (χ4n) is 2.80. The van der Waals surface area contributed by atoms with Gasteiger partial charge in [0.25, 0.3) is 11.8 Å². The Hall–Kier alpha value is -3.85. The minimum absolute atomic E-state index is 0.399. The van der Waals surface area contributed by atoms with Gasteiger partial charge >= 0.3 is 0 Å². The van der Waals surface area contributed by atoms with E-state index in [9.17, 15) is 9.59 Å². The van der Waals surface area contributed by atoms with Crippen molar-refractivity contribution in [1.29, 1.82) is 0 Å². The number of hydrogen-bond acceptors (Lipinski definition) is 5. The van der Waals surface area contributed by atoms with E-state index < -0.39 is 11.8 Å². The van der Waals surface area contributed by atoms with Crippen molar-refractivity contribution in [2.24, 2.45) is 0 Å². The van der Waals surface area contributed by atoms with Gasteiger partial charge in [0.2, 0.25) is 5.82 Å². The van der Waals surface area contributed by atoms with E-state index in [0.29, 0.717) is 23.5 Å². The van der Waals surface area contributed by atoms with Crippen LogP contribution in [0.3, 0.4) is 0 Å². The predicted octanol–water partition coefficient (Wildman–Crippen LogP) is 3.23. The van der Waals surface area contributed by atoms with Crippen LogP contribution in [-0.4, -0.2) is 32.0 Å². The van der Waals surface area contributed by atoms with Crippen LogP contribution < -0.4 is 10.9 Å². The topological polar surface area (TPSA) is 102 Å². The smallest absolute Gasteiger partial charge is 0.267 e. The number of nitrogens with zero attached hydrogens (tertiary/aromatic N) is 4. The van der Waals surface area contributed by atoms with Crippen LogP contribution in [0.25, 0.3) is 11.4 Å². The van der Waals surface area contributed by atoms with Gasteiger partial charge in [-0.1, -0.05) is 58.4 Å². The molecular formula is C22H17BrN6O2. The lowest BCUT2D eigenvalue weighted by molar-refractivity contribution is 0.0846. The Bertz CT molecular complexity index is 1190. The van der Waals surface area contributed by atoms with Crippen LogP contribution in [0.1, 0.15) is 26.3 Å². The summed E-state index contributed by atoms with van der Waals surface area (Å²) in [5.74, 6) is -0.260. The average Bonchev–Trinajstić information content (AvgIpc) is 3.27. The number of nitrogens with one attached hydrogen (secondary N) is 2. The molecule has 154 valence electrons. The van der Waals surface area contributed by atoms with Crippen molar-refractivity contribution in [3.63, 3.8) is 0 Å². The molecule has 1 aromatic heterocycles. The fraction of sp³-hybridized carbons (Fsp3) is 0.0455. The Morgan fingerprint density at radius 2 is 1.39 bits per heavy atom. The molecule has 0 aliphatic rings. The third-order valence-electron chi connectivity index (χ3n) is 4.42. The van der Waals surface area contributed by atoms with Crippen LogP contribution in [0.4, 0.5) is 0 Å². The number of amides is 2. The van der Waals surface area contributed by atoms with E-state index in [4.69, 9.17) is 0 Å². The largest absolute Gasteiger partial charge is 0.269 e. The third kappa shape index (κ3) is 5.20. The minimum Gasteiger partial charge on any atom is -0.267 e. The molecule has 0 spiro atoms. The summed E-state index contributed by atoms with van der Waals surface area (Å²) in [6.45, 7) is 0.419. The van der Waals surface area contributed by atoms with E-state index >= 15 is 0 Å². The van der Waals surface area contributed by atoms with Crippen LogP contribution in [0.15, 0.2) is 83.3 Å². The SMILES string of the molecule is O=C(NNC(=O)c1ccc(Cn2nnc(-c3ccccc3)n2)cc1)c1ccc(Br)cc1. The molecule has 8 nitrogen and oxygen atoms in total. The molecule has 0 saturated heterocycles. The Morgan fingerprint density at radius 3 is 2.00 bits per heavy atom. The molecule has 2 amide bonds. The van der Waals surface area contributed by atoms with Crippen LogP contribution in [0, 0.1) is 0 Å². The molecule has 4 aromatic rings. The molecule has 0 bridgehead atoms. The molecule has 31 heavy (non-hydrogen) atoms. The number of carbonyl (C=O) groups excluding carboxylic acids is 2. The first-order valence-electron chi connectivity index (χ1n) is 9.37. The molecule has 0 unspecified atom stereocenters. The summed E-state index contributed by atoms with van der Waals surface area (Å²) in [6, 6.07) is 23.4. The molecule has 0 atom stereocenters. The second-order valence-corrected chi connectivity index (χ2v) is 7.54. The van der Waals surface area contributed by atoms with E-state index in [1.54, 1.807) is 48.5 Å². The molecule has 0 aliphatic heterocycles. The normalized spacial score (nSPS) is 10.5. The lowest BCUT2D eigenvalue weighted by Gasteiger charge is -2.08. The number of halogens is 1. The van der Waals surface area contributed by atoms with Gasteiger partial charge in [0, 0.05) is 21.2 Å². The van der Waals surface area contributed by atoms with Gasteiger partial charge in [-0.25, -0.2) is 0 Å². The zero-order chi connectivity index (χ0) is 21.6. The average molecular weight is 477 g/mol. The van der Waals surface area contributed by atoms with Gasteiger partial charge in [-0.2, -0.15) is 4.80 Å². The number of carbonyl (C=O) groups is 2. The molecule has 4 rings (SSSR count). The first-order chi connectivity index (χ1) is 15.1. The van der Waals surface area contributed by atoms with Crippen LogP contribution >= 0.6 is 15.9 Å². The summed E-state index contributed by atoms with van der Waals surface area (Å²) < 4.78 is 0.866. The maximum Gasteiger partial charge on any atom is 0.269 e. The van der Waals surface area contributed by atoms with E-state index in [-0.39, 0.29) is 0 Å². The van der Waals surface area contributed by atoms with Crippen molar-refractivity contribution in [2.75, 3.05) is 0 Å². The molecule has 9 heteroatoms. The predicted molar refractivity (Wildman–Crippen MR) is 118 cm³/mol. The number of hydrazine groups is 1. The van der Waals surface area contributed by atoms with Crippen molar-refractivity contribution < 1.29 is 9.59 Å². The van der Waals surface area contributed by atoms with E-state index in [1.807, 2.05) is 30.3 Å². The standard InChI is InChI=1S/C22H17BrN6O2/c23-19-12-10-18(11-13-19)22(31)26-25-21(30)17-8-6-15(7-9-17)14-29-27-20(24-28-29)16-4-2-1-3-5-16/h1-13H,14H2,(H,25,30)(H,26,31). The first kappa shape index (κ1) is 20.4. The van der Waals surface area contributed by atoms with Gasteiger partial charge < -0.3 is 0 Å². The van der Waals surface area contributed by atoms with Gasteiger partial charge in [-0.05, 0) is 47.2 Å². The van der Waals surface area contributed by atoms with Gasteiger partial charge in [0.1, 0.15) is 0 Å². The van der Waals surface area contributed by atoms with Crippen molar-refractivity contribution in [2.45, 2.75) is 6.54 Å². The van der Waals surface area contributed by atoms with E-state index in [1.165, 1.54) is 4.80 Å². The van der Waals surface area contributed by atoms with Crippen molar-refractivity contribution in [3.8, 4) is 11.4 Å². The fourth-order valence-corrected chi connectivity index (χ4v) is 3.06. The monoisotopic (exact) mass is 476 g/mol. The molecule has 2 N–H and O–H groups in total. The lowest BCUT2D eigenvalue weighted by atomic mass is 10.1. The number of hydrogen-bond donors (Lipinski definition) is 2. The zero-order valence-corrected chi connectivity index (χ0v) is 17.8. The Morgan fingerprint density at radius 1 is 0.806 bits per heavy atom. The Balaban J connectivity index is 1.33. The van der Waals surface area contributed by atoms with Crippen molar-refractivity contribution in [3.05, 3.63) is 100 Å². The van der Waals surface area contributed by atoms with Gasteiger partial charge in [-0.15, -0.1) is 10.2 Å². The Labute approximate surface area is 186 Å². The molecular weight excluding hydrogens is 460 g/mol. The summed E-state index contributed by atoms with van der Waals surface area (Å²) in [6.07, 6.45) is 0. The molecule has 0 aliphatic carbocycles. The number of benzene rings is 3. The highest BCUT2D eigenvalue weighted by molar-refractivity contribution is 9.10. The molecule has 0 fully saturated rings. The van der Waals surface area contributed by atoms with Crippen LogP contribution in [0.2, 0.25) is 0 Å². The van der Waals surface area contributed by atoms with E-state index in [0.717, 1.165) is 15.6 Å². The van der Waals surface area contributed by atoms with Crippen LogP contribution in [-0.2, 0) is 6.54 Å². The second-order valence-electron chi connectivity index (χ2n) is 6.62. The summed E-state index contributed by atoms with van der Waals surface area (Å²) in [7, 11) is 0. The number of rotatable bonds is 5. The maximum absolute atomic E-state index is 12.3. The van der Waals surface area contributed by atoms with E-state index in [2.05, 4.69) is 42.2 Å². The highest BCUT2D eigenvalue weighted by Gasteiger charge is 2.10. The summed E-state index contributed by atoms with van der Waals surface area (Å²) in [5.41, 5.74) is 7.47. The van der Waals surface area contributed by atoms with Gasteiger partial charge in [0.05, 0.1) is 6.54 Å². The highest BCUT2D eigenvalue weighted by atomic mass is 79.9. The minimum atomic E-state index is -0.415. The lowest BCUT2D eigenvalue weighted by Crippen LogP contribution is -2.41. The third-order valence-corrected chi connectivity index (χ3v) is 4.95. The summed E-state index contributed by atoms with van der Waals surface area (Å²) in [5, 5.41) is 12.5. The summed E-state index contributed by atoms with van der Waals surface area (Å²) >= 11 is 3.31. The molecule has 1 heterocycles. The van der Waals surface area contributed by atoms with Crippen LogP contribution in [0.5, 0.6) is 0 Å². The highest BCUT2D eigenvalue weighted by Crippen LogP contribution is 2.13. The number of tetrazole rings is 1. The zero-order valence-electron chi connectivity index (χ0n) is 16.2. The Kier molecular flexibility index (Phi) is 6.13. The molecule has 0 radical (unpaired) electrons. The van der Waals surface area contributed by atoms with Crippen molar-refractivity contribution >= 4 is 27.7 Å².